The number of carbonyl (C=O) groups is 1. The molecule has 1 amide bonds. The average Bonchev–Trinajstić information content (AvgIpc) is 3.17. The standard InChI is InChI=1S/C28H27ClF3N5O2/c1-16-17(2)33-12-11-22(16)37-24-6-4-3-5-23(24)36(27(37)39)15-18-7-9-20(10-8-18)35-26(38)21-13-19(29)14-34-25(21)28(30,31)32/h3-6,11-14,18,20H,7-10,15H2,1-2H3,(H,35,38). The summed E-state index contributed by atoms with van der Waals surface area (Å²) in [6, 6.07) is 10.2. The van der Waals surface area contributed by atoms with E-state index in [0.29, 0.717) is 32.2 Å². The fourth-order valence-corrected chi connectivity index (χ4v) is 5.49. The molecule has 3 aromatic heterocycles. The highest BCUT2D eigenvalue weighted by Gasteiger charge is 2.38. The second kappa shape index (κ2) is 10.5. The SMILES string of the molecule is Cc1nccc(-n2c(=O)n(CC3CCC(NC(=O)c4cc(Cl)cnc4C(F)(F)F)CC3)c3ccccc32)c1C. The molecule has 0 saturated heterocycles. The van der Waals surface area contributed by atoms with Gasteiger partial charge in [0.1, 0.15) is 0 Å². The zero-order valence-electron chi connectivity index (χ0n) is 21.4. The number of benzene rings is 1. The molecule has 39 heavy (non-hydrogen) atoms. The average molecular weight is 558 g/mol. The minimum Gasteiger partial charge on any atom is -0.349 e. The Morgan fingerprint density at radius 2 is 1.77 bits per heavy atom. The highest BCUT2D eigenvalue weighted by molar-refractivity contribution is 6.30. The number of amides is 1. The molecule has 1 aliphatic carbocycles. The third-order valence-corrected chi connectivity index (χ3v) is 7.70. The molecule has 0 spiro atoms. The monoisotopic (exact) mass is 557 g/mol. The van der Waals surface area contributed by atoms with Crippen molar-refractivity contribution in [3.63, 3.8) is 0 Å². The summed E-state index contributed by atoms with van der Waals surface area (Å²) in [6.07, 6.45) is 0.401. The number of pyridine rings is 2. The van der Waals surface area contributed by atoms with Crippen LogP contribution in [0.3, 0.4) is 0 Å². The molecule has 0 radical (unpaired) electrons. The van der Waals surface area contributed by atoms with E-state index < -0.39 is 23.3 Å². The molecule has 204 valence electrons. The van der Waals surface area contributed by atoms with Gasteiger partial charge in [-0.1, -0.05) is 23.7 Å². The van der Waals surface area contributed by atoms with Crippen molar-refractivity contribution >= 4 is 28.5 Å². The number of aryl methyl sites for hydroxylation is 1. The number of imidazole rings is 1. The lowest BCUT2D eigenvalue weighted by molar-refractivity contribution is -0.141. The Kier molecular flexibility index (Phi) is 7.24. The van der Waals surface area contributed by atoms with Gasteiger partial charge in [-0.3, -0.25) is 18.9 Å². The van der Waals surface area contributed by atoms with E-state index in [1.54, 1.807) is 15.3 Å². The molecule has 11 heteroatoms. The van der Waals surface area contributed by atoms with E-state index in [4.69, 9.17) is 11.6 Å². The van der Waals surface area contributed by atoms with Crippen LogP contribution in [0.4, 0.5) is 13.2 Å². The van der Waals surface area contributed by atoms with E-state index in [2.05, 4.69) is 15.3 Å². The molecule has 5 rings (SSSR count). The van der Waals surface area contributed by atoms with E-state index in [0.717, 1.165) is 40.2 Å². The molecule has 7 nitrogen and oxygen atoms in total. The number of para-hydroxylation sites is 2. The first-order valence-electron chi connectivity index (χ1n) is 12.7. The van der Waals surface area contributed by atoms with Gasteiger partial charge >= 0.3 is 11.9 Å². The Hall–Kier alpha value is -3.66. The smallest absolute Gasteiger partial charge is 0.349 e. The van der Waals surface area contributed by atoms with Gasteiger partial charge in [0, 0.05) is 30.7 Å². The largest absolute Gasteiger partial charge is 0.434 e. The van der Waals surface area contributed by atoms with Gasteiger partial charge in [-0.15, -0.1) is 0 Å². The molecule has 1 saturated carbocycles. The number of alkyl halides is 3. The Labute approximate surface area is 227 Å². The second-order valence-corrected chi connectivity index (χ2v) is 10.4. The van der Waals surface area contributed by atoms with Crippen LogP contribution in [-0.2, 0) is 12.7 Å². The van der Waals surface area contributed by atoms with Gasteiger partial charge in [0.2, 0.25) is 0 Å². The van der Waals surface area contributed by atoms with Gasteiger partial charge < -0.3 is 5.32 Å². The van der Waals surface area contributed by atoms with Gasteiger partial charge in [0.05, 0.1) is 27.3 Å². The van der Waals surface area contributed by atoms with Crippen molar-refractivity contribution in [3.8, 4) is 5.69 Å². The number of rotatable bonds is 5. The Morgan fingerprint density at radius 3 is 2.46 bits per heavy atom. The summed E-state index contributed by atoms with van der Waals surface area (Å²) in [7, 11) is 0. The van der Waals surface area contributed by atoms with Crippen LogP contribution in [0.5, 0.6) is 0 Å². The molecule has 4 aromatic rings. The highest BCUT2D eigenvalue weighted by Crippen LogP contribution is 2.32. The molecule has 1 aromatic carbocycles. The Morgan fingerprint density at radius 1 is 1.08 bits per heavy atom. The van der Waals surface area contributed by atoms with Crippen molar-refractivity contribution in [2.45, 2.75) is 58.3 Å². The van der Waals surface area contributed by atoms with Crippen LogP contribution in [0, 0.1) is 19.8 Å². The number of fused-ring (bicyclic) bond motifs is 1. The third-order valence-electron chi connectivity index (χ3n) is 7.49. The molecule has 3 heterocycles. The maximum absolute atomic E-state index is 13.7. The Balaban J connectivity index is 1.32. The predicted octanol–water partition coefficient (Wildman–Crippen LogP) is 5.86. The number of nitrogens with one attached hydrogen (secondary N) is 1. The molecule has 1 N–H and O–H groups in total. The first-order valence-corrected chi connectivity index (χ1v) is 13.1. The summed E-state index contributed by atoms with van der Waals surface area (Å²) in [5.41, 5.74) is 2.25. The van der Waals surface area contributed by atoms with Crippen LogP contribution in [0.15, 0.2) is 53.6 Å². The number of halogens is 4. The summed E-state index contributed by atoms with van der Waals surface area (Å²) in [5.74, 6) is -0.669. The minimum atomic E-state index is -4.77. The van der Waals surface area contributed by atoms with Gasteiger partial charge in [-0.2, -0.15) is 13.2 Å². The quantitative estimate of drug-likeness (QED) is 0.333. The van der Waals surface area contributed by atoms with Crippen molar-refractivity contribution in [1.82, 2.24) is 24.4 Å². The van der Waals surface area contributed by atoms with Crippen LogP contribution < -0.4 is 11.0 Å². The van der Waals surface area contributed by atoms with E-state index in [1.807, 2.05) is 44.2 Å². The molecular formula is C28H27ClF3N5O2. The topological polar surface area (TPSA) is 81.8 Å². The van der Waals surface area contributed by atoms with Crippen molar-refractivity contribution in [1.29, 1.82) is 0 Å². The summed E-state index contributed by atoms with van der Waals surface area (Å²) in [4.78, 5) is 34.1. The van der Waals surface area contributed by atoms with Gasteiger partial charge in [-0.05, 0) is 75.3 Å². The lowest BCUT2D eigenvalue weighted by Gasteiger charge is -2.29. The maximum Gasteiger partial charge on any atom is 0.434 e. The van der Waals surface area contributed by atoms with E-state index >= 15 is 0 Å². The van der Waals surface area contributed by atoms with Gasteiger partial charge in [0.15, 0.2) is 5.69 Å². The normalized spacial score (nSPS) is 17.9. The Bertz CT molecular complexity index is 1600. The second-order valence-electron chi connectivity index (χ2n) is 10.00. The number of carbonyl (C=O) groups excluding carboxylic acids is 1. The van der Waals surface area contributed by atoms with Crippen molar-refractivity contribution in [3.05, 3.63) is 86.8 Å². The number of hydrogen-bond acceptors (Lipinski definition) is 4. The molecule has 1 aliphatic rings. The van der Waals surface area contributed by atoms with E-state index in [9.17, 15) is 22.8 Å². The highest BCUT2D eigenvalue weighted by atomic mass is 35.5. The minimum absolute atomic E-state index is 0.0430. The fraction of sp³-hybridized carbons (Fsp3) is 0.357. The predicted molar refractivity (Wildman–Crippen MR) is 142 cm³/mol. The first kappa shape index (κ1) is 26.9. The molecule has 0 unspecified atom stereocenters. The number of aromatic nitrogens is 4. The van der Waals surface area contributed by atoms with Gasteiger partial charge in [-0.25, -0.2) is 9.78 Å². The van der Waals surface area contributed by atoms with Crippen LogP contribution in [-0.4, -0.2) is 31.1 Å². The lowest BCUT2D eigenvalue weighted by Crippen LogP contribution is -2.39. The zero-order valence-corrected chi connectivity index (χ0v) is 22.2. The zero-order chi connectivity index (χ0) is 27.9. The molecular weight excluding hydrogens is 531 g/mol. The van der Waals surface area contributed by atoms with Crippen LogP contribution in [0.1, 0.15) is 53.0 Å². The number of nitrogens with zero attached hydrogens (tertiary/aromatic N) is 4. The summed E-state index contributed by atoms with van der Waals surface area (Å²) in [6.45, 7) is 4.36. The van der Waals surface area contributed by atoms with Crippen LogP contribution in [0.2, 0.25) is 5.02 Å². The van der Waals surface area contributed by atoms with Crippen molar-refractivity contribution in [2.24, 2.45) is 5.92 Å². The maximum atomic E-state index is 13.7. The van der Waals surface area contributed by atoms with Crippen LogP contribution in [0.25, 0.3) is 16.7 Å². The first-order chi connectivity index (χ1) is 18.5. The fourth-order valence-electron chi connectivity index (χ4n) is 5.34. The van der Waals surface area contributed by atoms with E-state index in [1.165, 1.54) is 0 Å². The van der Waals surface area contributed by atoms with Crippen molar-refractivity contribution in [2.75, 3.05) is 0 Å². The van der Waals surface area contributed by atoms with E-state index in [-0.39, 0.29) is 22.7 Å². The van der Waals surface area contributed by atoms with Gasteiger partial charge in [0.25, 0.3) is 5.91 Å². The summed E-state index contributed by atoms with van der Waals surface area (Å²) in [5, 5.41) is 2.68. The molecule has 1 fully saturated rings. The molecule has 0 aliphatic heterocycles. The summed E-state index contributed by atoms with van der Waals surface area (Å²) < 4.78 is 43.6. The van der Waals surface area contributed by atoms with Crippen molar-refractivity contribution < 1.29 is 18.0 Å². The van der Waals surface area contributed by atoms with Crippen LogP contribution >= 0.6 is 11.6 Å². The third kappa shape index (κ3) is 5.30. The molecule has 0 atom stereocenters. The number of hydrogen-bond donors (Lipinski definition) is 1. The molecule has 0 bridgehead atoms. The lowest BCUT2D eigenvalue weighted by atomic mass is 9.85. The summed E-state index contributed by atoms with van der Waals surface area (Å²) >= 11 is 5.82.